The second-order valence-electron chi connectivity index (χ2n) is 37.2. The first-order valence-corrected chi connectivity index (χ1v) is 50.5. The molecule has 0 spiro atoms. The van der Waals surface area contributed by atoms with E-state index in [0.717, 1.165) is 286 Å². The first kappa shape index (κ1) is 94.7. The van der Waals surface area contributed by atoms with Gasteiger partial charge in [-0.2, -0.15) is 0 Å². The molecule has 13 heterocycles. The maximum absolute atomic E-state index is 14.6. The average molecular weight is 1960 g/mol. The number of amides is 3. The maximum atomic E-state index is 14.6. The van der Waals surface area contributed by atoms with Gasteiger partial charge in [-0.3, -0.25) is 34.0 Å². The number of nitrogens with zero attached hydrogens (tertiary/aromatic N) is 15. The zero-order valence-electron chi connectivity index (χ0n) is 77.7. The highest BCUT2D eigenvalue weighted by Gasteiger charge is 2.36. The van der Waals surface area contributed by atoms with E-state index in [4.69, 9.17) is 87.4 Å². The topological polar surface area (TPSA) is 162 Å². The van der Waals surface area contributed by atoms with E-state index >= 15 is 0 Å². The van der Waals surface area contributed by atoms with Crippen molar-refractivity contribution in [2.24, 2.45) is 17.8 Å². The summed E-state index contributed by atoms with van der Waals surface area (Å²) in [5.41, 5.74) is 24.5. The number of benzene rings is 8. The molecule has 8 aromatic carbocycles. The molecule has 0 unspecified atom stereocenters. The van der Waals surface area contributed by atoms with Crippen molar-refractivity contribution in [1.29, 1.82) is 0 Å². The zero-order valence-corrected chi connectivity index (χ0v) is 81.5. The van der Waals surface area contributed by atoms with E-state index in [-0.39, 0.29) is 23.6 Å². The number of pyridine rings is 4. The molecule has 7 aliphatic rings. The maximum Gasteiger partial charge on any atom is 0.225 e. The Morgan fingerprint density at radius 3 is 0.993 bits per heavy atom. The first-order valence-electron chi connectivity index (χ1n) is 48.6. The van der Waals surface area contributed by atoms with Crippen molar-refractivity contribution in [2.75, 3.05) is 118 Å². The van der Waals surface area contributed by atoms with E-state index in [0.29, 0.717) is 58.1 Å². The van der Waals surface area contributed by atoms with Gasteiger partial charge in [-0.1, -0.05) is 223 Å². The number of carbonyl (C=O) groups excluding carboxylic acids is 3. The van der Waals surface area contributed by atoms with Crippen LogP contribution in [0.3, 0.4) is 0 Å². The van der Waals surface area contributed by atoms with Crippen molar-refractivity contribution >= 4 is 98.3 Å². The monoisotopic (exact) mass is 1950 g/mol. The Balaban J connectivity index is 0.000000114. The number of ether oxygens (including phenoxy) is 2. The van der Waals surface area contributed by atoms with Crippen LogP contribution in [0, 0.1) is 23.6 Å². The first-order chi connectivity index (χ1) is 68.0. The normalized spacial score (nSPS) is 16.6. The van der Waals surface area contributed by atoms with Gasteiger partial charge in [0.1, 0.15) is 28.4 Å². The van der Waals surface area contributed by atoms with Gasteiger partial charge in [0, 0.05) is 238 Å². The van der Waals surface area contributed by atoms with Crippen LogP contribution in [-0.2, 0) is 56.5 Å². The Labute approximate surface area is 835 Å². The van der Waals surface area contributed by atoms with E-state index < -0.39 is 0 Å². The molecule has 23 rings (SSSR count). The summed E-state index contributed by atoms with van der Waals surface area (Å²) in [7, 11) is 0. The number of hydrogen-bond acceptors (Lipinski definition) is 13. The van der Waals surface area contributed by atoms with E-state index in [1.807, 2.05) is 145 Å². The van der Waals surface area contributed by atoms with Gasteiger partial charge < -0.3 is 41.8 Å². The van der Waals surface area contributed by atoms with Crippen molar-refractivity contribution in [2.45, 2.75) is 84.0 Å². The van der Waals surface area contributed by atoms with Gasteiger partial charge in [0.25, 0.3) is 0 Å². The van der Waals surface area contributed by atoms with Crippen molar-refractivity contribution in [3.8, 4) is 78.4 Å². The highest BCUT2D eigenvalue weighted by Crippen LogP contribution is 2.39. The van der Waals surface area contributed by atoms with Gasteiger partial charge in [-0.15, -0.1) is 0 Å². The van der Waals surface area contributed by atoms with Crippen LogP contribution < -0.4 is 0 Å². The van der Waals surface area contributed by atoms with Crippen molar-refractivity contribution in [1.82, 2.24) is 71.8 Å². The number of imidazole rings is 4. The minimum absolute atomic E-state index is 0.118. The third-order valence-electron chi connectivity index (χ3n) is 28.3. The van der Waals surface area contributed by atoms with Crippen LogP contribution in [-0.4, -0.2) is 208 Å². The average Bonchev–Trinajstić information content (AvgIpc) is 1.62. The van der Waals surface area contributed by atoms with Gasteiger partial charge >= 0.3 is 0 Å². The fraction of sp³-hybridized carbons (Fsp3) is 0.301. The van der Waals surface area contributed by atoms with E-state index in [1.165, 1.54) is 41.3 Å². The van der Waals surface area contributed by atoms with Gasteiger partial charge in [0.15, 0.2) is 0 Å². The molecular weight excluding hydrogens is 1840 g/mol. The van der Waals surface area contributed by atoms with E-state index in [2.05, 4.69) is 169 Å². The quantitative estimate of drug-likeness (QED) is 0.0709. The lowest BCUT2D eigenvalue weighted by Crippen LogP contribution is -2.50. The number of morpholine rings is 1. The standard InChI is InChI=1S/C30H31ClN4O2.C29H28Cl2N4O.C29H28ClFN4O.C25H24ClN3O/c31-26-9-6-23(7-10-26)29-27(35-20-25(8-11-28(35)32-29)22-4-2-1-3-5-22)21-33-14-16-34(17-15-33)30(36)24-12-18-37-19-13-24;2*30-23-11-8-20(9-12-23)28-26(19-33-14-16-34(17-15-33)29(36)21-4-3-5-21)35-18-22(10-13-27(35)32-28)24-6-1-2-7-25(24)31;26-22-9-7-21(8-10-22)25-23(18-28-12-14-30-15-13-28)29-17-20(6-11-24(29)27-25)16-19-4-2-1-3-5-19/h1-11,20,24H,12-19,21H2;2*1-2,6-13,18,21H,3-5,14-17,19H2;1-11,17H,12-16,18H2. The van der Waals surface area contributed by atoms with Crippen LogP contribution in [0.2, 0.25) is 25.1 Å². The van der Waals surface area contributed by atoms with E-state index in [1.54, 1.807) is 12.1 Å². The summed E-state index contributed by atoms with van der Waals surface area (Å²) in [6.45, 7) is 17.5. The number of hydrogen-bond donors (Lipinski definition) is 0. The number of fused-ring (bicyclic) bond motifs is 4. The molecule has 139 heavy (non-hydrogen) atoms. The molecule has 0 radical (unpaired) electrons. The number of halogens is 6. The lowest BCUT2D eigenvalue weighted by atomic mass is 9.84. The fourth-order valence-electron chi connectivity index (χ4n) is 19.8. The van der Waals surface area contributed by atoms with Crippen LogP contribution in [0.4, 0.5) is 4.39 Å². The smallest absolute Gasteiger partial charge is 0.225 e. The molecule has 5 saturated heterocycles. The minimum Gasteiger partial charge on any atom is -0.381 e. The molecular formula is C113H111Cl5FN15O5. The molecule has 5 aliphatic heterocycles. The van der Waals surface area contributed by atoms with Crippen molar-refractivity contribution in [3.63, 3.8) is 0 Å². The number of aromatic nitrogens is 8. The van der Waals surface area contributed by atoms with Crippen molar-refractivity contribution in [3.05, 3.63) is 344 Å². The van der Waals surface area contributed by atoms with Crippen molar-refractivity contribution < 1.29 is 28.2 Å². The molecule has 0 N–H and O–H groups in total. The number of carbonyl (C=O) groups is 3. The van der Waals surface area contributed by atoms with Crippen LogP contribution in [0.15, 0.2) is 280 Å². The molecule has 2 saturated carbocycles. The Morgan fingerprint density at radius 2 is 0.604 bits per heavy atom. The van der Waals surface area contributed by atoms with Crippen LogP contribution in [0.1, 0.15) is 85.3 Å². The Morgan fingerprint density at radius 1 is 0.288 bits per heavy atom. The molecule has 3 amide bonds. The third-order valence-corrected chi connectivity index (χ3v) is 29.6. The summed E-state index contributed by atoms with van der Waals surface area (Å²) < 4.78 is 34.3. The third kappa shape index (κ3) is 22.1. The molecule has 7 fully saturated rings. The summed E-state index contributed by atoms with van der Waals surface area (Å²) in [6.07, 6.45) is 17.7. The predicted molar refractivity (Wildman–Crippen MR) is 553 cm³/mol. The molecule has 16 aromatic rings. The SMILES string of the molecule is Clc1ccc(-c2nc3ccc(Cc4ccccc4)cn3c2CN2CCOCC2)cc1.O=C(C1CCC1)N1CCN(Cc2c(-c3ccc(Cl)cc3)nc3ccc(-c4ccccc4Cl)cn23)CC1.O=C(C1CCC1)N1CCN(Cc2c(-c3ccc(Cl)cc3)nc3ccc(-c4ccccc4F)cn23)CC1.O=C(C1CCOCC1)N1CCN(Cc2c(-c3ccc(Cl)cc3)nc3ccc(-c4ccccc4)cn23)CC1. The predicted octanol–water partition coefficient (Wildman–Crippen LogP) is 22.8. The highest BCUT2D eigenvalue weighted by molar-refractivity contribution is 6.33. The summed E-state index contributed by atoms with van der Waals surface area (Å²) in [5, 5.41) is 3.56. The molecule has 710 valence electrons. The van der Waals surface area contributed by atoms with E-state index in [9.17, 15) is 18.8 Å². The lowest BCUT2D eigenvalue weighted by Gasteiger charge is -2.38. The second-order valence-corrected chi connectivity index (χ2v) is 39.3. The fourth-order valence-corrected chi connectivity index (χ4v) is 20.6. The summed E-state index contributed by atoms with van der Waals surface area (Å²) >= 11 is 31.2. The van der Waals surface area contributed by atoms with Gasteiger partial charge in [0.2, 0.25) is 17.7 Å². The lowest BCUT2D eigenvalue weighted by molar-refractivity contribution is -0.141. The summed E-state index contributed by atoms with van der Waals surface area (Å²) in [6, 6.07) is 83.7. The largest absolute Gasteiger partial charge is 0.381 e. The van der Waals surface area contributed by atoms with Crippen LogP contribution >= 0.6 is 58.0 Å². The Kier molecular flexibility index (Phi) is 29.9. The molecule has 0 atom stereocenters. The number of rotatable bonds is 20. The summed E-state index contributed by atoms with van der Waals surface area (Å²) in [5.74, 6) is 1.34. The molecule has 26 heteroatoms. The van der Waals surface area contributed by atoms with Gasteiger partial charge in [-0.05, 0) is 176 Å². The number of piperazine rings is 3. The molecule has 20 nitrogen and oxygen atoms in total. The molecule has 0 bridgehead atoms. The highest BCUT2D eigenvalue weighted by atomic mass is 35.5. The van der Waals surface area contributed by atoms with Crippen LogP contribution in [0.5, 0.6) is 0 Å². The molecule has 8 aromatic heterocycles. The van der Waals surface area contributed by atoms with Gasteiger partial charge in [0.05, 0.1) is 58.8 Å². The zero-order chi connectivity index (χ0) is 94.8. The Bertz CT molecular complexity index is 6760. The minimum atomic E-state index is -0.247. The Hall–Kier alpha value is -11.9. The second kappa shape index (κ2) is 43.8. The van der Waals surface area contributed by atoms with Crippen LogP contribution in [0.25, 0.3) is 101 Å². The van der Waals surface area contributed by atoms with Gasteiger partial charge in [-0.25, -0.2) is 24.3 Å². The summed E-state index contributed by atoms with van der Waals surface area (Å²) in [4.78, 5) is 74.2. The molecule has 2 aliphatic carbocycles.